The third-order valence-corrected chi connectivity index (χ3v) is 2.92. The number of ether oxygens (including phenoxy) is 1. The average Bonchev–Trinajstić information content (AvgIpc) is 2.31. The summed E-state index contributed by atoms with van der Waals surface area (Å²) in [6.07, 6.45) is -0.626. The monoisotopic (exact) mass is 340 g/mol. The summed E-state index contributed by atoms with van der Waals surface area (Å²) in [5, 5.41) is -0.795. The van der Waals surface area contributed by atoms with Crippen LogP contribution in [0.2, 0.25) is 5.02 Å². The molecule has 0 fully saturated rings. The van der Waals surface area contributed by atoms with Crippen molar-refractivity contribution in [1.82, 2.24) is 0 Å². The van der Waals surface area contributed by atoms with Crippen molar-refractivity contribution in [2.75, 3.05) is 6.61 Å². The normalized spacial score (nSPS) is 10.3. The first-order valence-electron chi connectivity index (χ1n) is 4.90. The first-order chi connectivity index (χ1) is 8.38. The highest BCUT2D eigenvalue weighted by Crippen LogP contribution is 2.29. The molecular weight excluding hydrogens is 333 g/mol. The molecule has 0 spiro atoms. The van der Waals surface area contributed by atoms with E-state index in [2.05, 4.69) is 20.7 Å². The third kappa shape index (κ3) is 3.26. The fourth-order valence-corrected chi connectivity index (χ4v) is 1.96. The predicted octanol–water partition coefficient (Wildman–Crippen LogP) is 3.52. The number of halogens is 4. The Morgan fingerprint density at radius 2 is 2.00 bits per heavy atom. The Kier molecular flexibility index (Phi) is 5.22. The molecule has 0 saturated carbocycles. The number of ketones is 1. The maximum Gasteiger partial charge on any atom is 0.313 e. The van der Waals surface area contributed by atoms with Crippen molar-refractivity contribution >= 4 is 39.3 Å². The van der Waals surface area contributed by atoms with Gasteiger partial charge in [0.05, 0.1) is 16.6 Å². The van der Waals surface area contributed by atoms with Gasteiger partial charge in [-0.3, -0.25) is 9.59 Å². The molecule has 0 bridgehead atoms. The third-order valence-electron chi connectivity index (χ3n) is 2.01. The molecule has 0 saturated heterocycles. The molecule has 18 heavy (non-hydrogen) atoms. The molecule has 0 radical (unpaired) electrons. The molecule has 3 nitrogen and oxygen atoms in total. The van der Waals surface area contributed by atoms with E-state index in [9.17, 15) is 18.4 Å². The predicted molar refractivity (Wildman–Crippen MR) is 64.6 cm³/mol. The SMILES string of the molecule is CCOC(=O)CC(=O)c1cc(Br)c(F)c(Cl)c1F. The molecule has 0 aliphatic carbocycles. The number of Topliss-reactive ketones (excluding diaryl/α,β-unsaturated/α-hetero) is 1. The van der Waals surface area contributed by atoms with E-state index in [0.717, 1.165) is 6.07 Å². The number of hydrogen-bond acceptors (Lipinski definition) is 3. The Hall–Kier alpha value is -1.01. The maximum atomic E-state index is 13.6. The lowest BCUT2D eigenvalue weighted by atomic mass is 10.1. The van der Waals surface area contributed by atoms with Crippen molar-refractivity contribution in [3.05, 3.63) is 32.8 Å². The summed E-state index contributed by atoms with van der Waals surface area (Å²) in [6.45, 7) is 1.69. The van der Waals surface area contributed by atoms with Gasteiger partial charge < -0.3 is 4.74 Å². The van der Waals surface area contributed by atoms with Crippen LogP contribution in [0.4, 0.5) is 8.78 Å². The molecule has 0 unspecified atom stereocenters. The van der Waals surface area contributed by atoms with Crippen molar-refractivity contribution in [1.29, 1.82) is 0 Å². The van der Waals surface area contributed by atoms with Gasteiger partial charge in [-0.25, -0.2) is 8.78 Å². The van der Waals surface area contributed by atoms with Gasteiger partial charge in [-0.05, 0) is 28.9 Å². The summed E-state index contributed by atoms with van der Waals surface area (Å²) < 4.78 is 31.2. The average molecular weight is 342 g/mol. The second-order valence-electron chi connectivity index (χ2n) is 3.25. The number of rotatable bonds is 4. The molecule has 0 aliphatic heterocycles. The minimum Gasteiger partial charge on any atom is -0.466 e. The van der Waals surface area contributed by atoms with E-state index in [0.29, 0.717) is 0 Å². The lowest BCUT2D eigenvalue weighted by molar-refractivity contribution is -0.141. The molecule has 98 valence electrons. The van der Waals surface area contributed by atoms with Crippen molar-refractivity contribution in [3.63, 3.8) is 0 Å². The fraction of sp³-hybridized carbons (Fsp3) is 0.273. The first-order valence-corrected chi connectivity index (χ1v) is 6.07. The number of carbonyl (C=O) groups excluding carboxylic acids is 2. The summed E-state index contributed by atoms with van der Waals surface area (Å²) >= 11 is 8.18. The van der Waals surface area contributed by atoms with E-state index >= 15 is 0 Å². The van der Waals surface area contributed by atoms with Crippen molar-refractivity contribution in [2.45, 2.75) is 13.3 Å². The van der Waals surface area contributed by atoms with E-state index in [1.807, 2.05) is 0 Å². The van der Waals surface area contributed by atoms with Crippen LogP contribution in [0.5, 0.6) is 0 Å². The van der Waals surface area contributed by atoms with Crippen LogP contribution >= 0.6 is 27.5 Å². The second kappa shape index (κ2) is 6.24. The zero-order chi connectivity index (χ0) is 13.9. The van der Waals surface area contributed by atoms with Gasteiger partial charge in [-0.15, -0.1) is 0 Å². The molecule has 0 heterocycles. The van der Waals surface area contributed by atoms with Gasteiger partial charge in [0.25, 0.3) is 0 Å². The number of carbonyl (C=O) groups is 2. The molecule has 0 aromatic heterocycles. The first kappa shape index (κ1) is 15.0. The van der Waals surface area contributed by atoms with Gasteiger partial charge in [-0.1, -0.05) is 11.6 Å². The van der Waals surface area contributed by atoms with Crippen LogP contribution in [-0.4, -0.2) is 18.4 Å². The van der Waals surface area contributed by atoms with Crippen molar-refractivity contribution in [2.24, 2.45) is 0 Å². The molecular formula is C11H8BrClF2O3. The van der Waals surface area contributed by atoms with E-state index in [1.54, 1.807) is 6.92 Å². The summed E-state index contributed by atoms with van der Waals surface area (Å²) in [5.41, 5.74) is -0.457. The lowest BCUT2D eigenvalue weighted by Crippen LogP contribution is -2.13. The van der Waals surface area contributed by atoms with Gasteiger partial charge in [0.15, 0.2) is 17.4 Å². The molecule has 0 amide bonds. The number of esters is 1. The van der Waals surface area contributed by atoms with Gasteiger partial charge in [0, 0.05) is 0 Å². The summed E-state index contributed by atoms with van der Waals surface area (Å²) in [7, 11) is 0. The molecule has 1 aromatic carbocycles. The molecule has 0 aliphatic rings. The highest BCUT2D eigenvalue weighted by atomic mass is 79.9. The van der Waals surface area contributed by atoms with Crippen LogP contribution in [0.15, 0.2) is 10.5 Å². The molecule has 0 N–H and O–H groups in total. The Morgan fingerprint density at radius 3 is 2.56 bits per heavy atom. The zero-order valence-electron chi connectivity index (χ0n) is 9.23. The van der Waals surface area contributed by atoms with Crippen LogP contribution in [0.25, 0.3) is 0 Å². The Balaban J connectivity index is 3.04. The highest BCUT2D eigenvalue weighted by Gasteiger charge is 2.22. The molecule has 7 heteroatoms. The lowest BCUT2D eigenvalue weighted by Gasteiger charge is -2.06. The molecule has 0 atom stereocenters. The van der Waals surface area contributed by atoms with Crippen LogP contribution in [-0.2, 0) is 9.53 Å². The van der Waals surface area contributed by atoms with Crippen LogP contribution < -0.4 is 0 Å². The van der Waals surface area contributed by atoms with Gasteiger partial charge in [0.1, 0.15) is 11.4 Å². The van der Waals surface area contributed by atoms with Crippen LogP contribution in [0.1, 0.15) is 23.7 Å². The second-order valence-corrected chi connectivity index (χ2v) is 4.49. The quantitative estimate of drug-likeness (QED) is 0.277. The fourth-order valence-electron chi connectivity index (χ4n) is 1.21. The Morgan fingerprint density at radius 1 is 1.39 bits per heavy atom. The summed E-state index contributed by atoms with van der Waals surface area (Å²) in [6, 6.07) is 0.943. The minimum absolute atomic E-state index is 0.114. The minimum atomic E-state index is -1.19. The number of hydrogen-bond donors (Lipinski definition) is 0. The van der Waals surface area contributed by atoms with Crippen molar-refractivity contribution in [3.8, 4) is 0 Å². The Bertz CT molecular complexity index is 506. The van der Waals surface area contributed by atoms with E-state index in [1.165, 1.54) is 0 Å². The zero-order valence-corrected chi connectivity index (χ0v) is 11.6. The summed E-state index contributed by atoms with van der Waals surface area (Å²) in [4.78, 5) is 22.7. The van der Waals surface area contributed by atoms with Gasteiger partial charge >= 0.3 is 5.97 Å². The smallest absolute Gasteiger partial charge is 0.313 e. The maximum absolute atomic E-state index is 13.6. The van der Waals surface area contributed by atoms with Crippen LogP contribution in [0, 0.1) is 11.6 Å². The van der Waals surface area contributed by atoms with E-state index < -0.39 is 40.4 Å². The largest absolute Gasteiger partial charge is 0.466 e. The highest BCUT2D eigenvalue weighted by molar-refractivity contribution is 9.10. The van der Waals surface area contributed by atoms with Gasteiger partial charge in [-0.2, -0.15) is 0 Å². The Labute approximate surface area is 115 Å². The summed E-state index contributed by atoms with van der Waals surface area (Å²) in [5.74, 6) is -3.79. The van der Waals surface area contributed by atoms with Gasteiger partial charge in [0.2, 0.25) is 0 Å². The number of benzene rings is 1. The molecule has 1 aromatic rings. The standard InChI is InChI=1S/C11H8BrClF2O3/c1-2-18-8(17)4-7(16)5-3-6(12)11(15)9(13)10(5)14/h3H,2,4H2,1H3. The molecule has 1 rings (SSSR count). The topological polar surface area (TPSA) is 43.4 Å². The van der Waals surface area contributed by atoms with E-state index in [-0.39, 0.29) is 11.1 Å². The van der Waals surface area contributed by atoms with Crippen LogP contribution in [0.3, 0.4) is 0 Å². The van der Waals surface area contributed by atoms with Crippen molar-refractivity contribution < 1.29 is 23.1 Å². The van der Waals surface area contributed by atoms with E-state index in [4.69, 9.17) is 11.6 Å².